The Morgan fingerprint density at radius 3 is 2.33 bits per heavy atom. The Kier molecular flexibility index (Phi) is 5.72. The third-order valence-electron chi connectivity index (χ3n) is 5.33. The predicted molar refractivity (Wildman–Crippen MR) is 94.9 cm³/mol. The van der Waals surface area contributed by atoms with Crippen molar-refractivity contribution in [1.29, 1.82) is 0 Å². The molecule has 0 heterocycles. The Bertz CT molecular complexity index is 950. The molecule has 9 heteroatoms. The van der Waals surface area contributed by atoms with Crippen LogP contribution in [0.1, 0.15) is 51.6 Å². The summed E-state index contributed by atoms with van der Waals surface area (Å²) in [5.74, 6) is -1.03. The van der Waals surface area contributed by atoms with Gasteiger partial charge in [0.15, 0.2) is 11.4 Å². The second-order valence-corrected chi connectivity index (χ2v) is 7.21. The highest BCUT2D eigenvalue weighted by molar-refractivity contribution is 5.97. The van der Waals surface area contributed by atoms with E-state index in [0.29, 0.717) is 18.9 Å². The molecule has 2 aromatic carbocycles. The highest BCUT2D eigenvalue weighted by Gasteiger charge is 2.56. The average Bonchev–Trinajstić information content (AvgIpc) is 3.08. The standard InChI is InChI=1S/C21H18F6O3/c1-30-18-8-6-12-9-13(5-7-16(12)18)17(28)11-19(29,21(25,26)27)14-3-2-4-15(10-14)20(22,23)24/h2-5,7,9-10,18,29H,6,8,11H2,1H3. The SMILES string of the molecule is COC1CCc2cc(C(=O)CC(O)(c3cccc(C(F)(F)F)c3)C(F)(F)F)ccc21. The summed E-state index contributed by atoms with van der Waals surface area (Å²) in [5, 5.41) is 10.4. The number of hydrogen-bond donors (Lipinski definition) is 1. The topological polar surface area (TPSA) is 46.5 Å². The van der Waals surface area contributed by atoms with E-state index in [4.69, 9.17) is 4.74 Å². The van der Waals surface area contributed by atoms with Gasteiger partial charge in [0.05, 0.1) is 18.1 Å². The number of aryl methyl sites for hydroxylation is 1. The van der Waals surface area contributed by atoms with E-state index in [9.17, 15) is 36.2 Å². The number of aliphatic hydroxyl groups is 1. The Labute approximate surface area is 168 Å². The number of Topliss-reactive ketones (excluding diaryl/α,β-unsaturated/α-hetero) is 1. The lowest BCUT2D eigenvalue weighted by Gasteiger charge is -2.31. The fraction of sp³-hybridized carbons (Fsp3) is 0.381. The summed E-state index contributed by atoms with van der Waals surface area (Å²) >= 11 is 0. The summed E-state index contributed by atoms with van der Waals surface area (Å²) in [6, 6.07) is 6.66. The Morgan fingerprint density at radius 2 is 1.73 bits per heavy atom. The van der Waals surface area contributed by atoms with Gasteiger partial charge in [0.1, 0.15) is 0 Å². The van der Waals surface area contributed by atoms with Gasteiger partial charge in [-0.25, -0.2) is 0 Å². The molecule has 0 aromatic heterocycles. The summed E-state index contributed by atoms with van der Waals surface area (Å²) < 4.78 is 85.2. The molecule has 3 rings (SSSR count). The molecule has 2 aromatic rings. The molecule has 0 saturated heterocycles. The van der Waals surface area contributed by atoms with Crippen LogP contribution in [0.15, 0.2) is 42.5 Å². The maximum absolute atomic E-state index is 13.7. The summed E-state index contributed by atoms with van der Waals surface area (Å²) in [6.07, 6.45) is -10.6. The molecule has 0 aliphatic heterocycles. The molecular formula is C21H18F6O3. The van der Waals surface area contributed by atoms with Crippen LogP contribution in [0.4, 0.5) is 26.3 Å². The lowest BCUT2D eigenvalue weighted by atomic mass is 9.85. The minimum Gasteiger partial charge on any atom is -0.377 e. The molecule has 0 amide bonds. The van der Waals surface area contributed by atoms with Crippen LogP contribution in [-0.2, 0) is 22.9 Å². The van der Waals surface area contributed by atoms with Gasteiger partial charge < -0.3 is 9.84 Å². The van der Waals surface area contributed by atoms with Gasteiger partial charge in [-0.2, -0.15) is 26.3 Å². The van der Waals surface area contributed by atoms with Crippen LogP contribution in [0.2, 0.25) is 0 Å². The average molecular weight is 432 g/mol. The van der Waals surface area contributed by atoms with E-state index in [1.165, 1.54) is 19.2 Å². The van der Waals surface area contributed by atoms with Crippen LogP contribution >= 0.6 is 0 Å². The number of ether oxygens (including phenoxy) is 1. The minimum absolute atomic E-state index is 0.0554. The number of methoxy groups -OCH3 is 1. The van der Waals surface area contributed by atoms with Crippen molar-refractivity contribution >= 4 is 5.78 Å². The molecule has 0 radical (unpaired) electrons. The van der Waals surface area contributed by atoms with Gasteiger partial charge in [-0.1, -0.05) is 24.3 Å². The highest BCUT2D eigenvalue weighted by atomic mass is 19.4. The molecule has 0 spiro atoms. The van der Waals surface area contributed by atoms with Crippen molar-refractivity contribution in [2.45, 2.75) is 43.3 Å². The van der Waals surface area contributed by atoms with Crippen molar-refractivity contribution < 1.29 is 41.0 Å². The van der Waals surface area contributed by atoms with Gasteiger partial charge in [-0.3, -0.25) is 4.79 Å². The molecule has 2 atom stereocenters. The summed E-state index contributed by atoms with van der Waals surface area (Å²) in [5.41, 5.74) is -4.63. The zero-order valence-corrected chi connectivity index (χ0v) is 15.8. The lowest BCUT2D eigenvalue weighted by Crippen LogP contribution is -2.44. The first kappa shape index (κ1) is 22.3. The van der Waals surface area contributed by atoms with Crippen molar-refractivity contribution in [3.63, 3.8) is 0 Å². The number of benzene rings is 2. The summed E-state index contributed by atoms with van der Waals surface area (Å²) in [7, 11) is 1.53. The molecule has 1 aliphatic rings. The fourth-order valence-corrected chi connectivity index (χ4v) is 3.65. The Morgan fingerprint density at radius 1 is 1.07 bits per heavy atom. The summed E-state index contributed by atoms with van der Waals surface area (Å²) in [4.78, 5) is 12.6. The Balaban J connectivity index is 1.96. The molecular weight excluding hydrogens is 414 g/mol. The van der Waals surface area contributed by atoms with E-state index in [1.807, 2.05) is 0 Å². The quantitative estimate of drug-likeness (QED) is 0.511. The summed E-state index contributed by atoms with van der Waals surface area (Å²) in [6.45, 7) is 0. The van der Waals surface area contributed by atoms with Crippen molar-refractivity contribution in [2.75, 3.05) is 7.11 Å². The van der Waals surface area contributed by atoms with Crippen LogP contribution < -0.4 is 0 Å². The highest BCUT2D eigenvalue weighted by Crippen LogP contribution is 2.44. The van der Waals surface area contributed by atoms with Crippen LogP contribution in [0.3, 0.4) is 0 Å². The number of halogens is 6. The molecule has 3 nitrogen and oxygen atoms in total. The molecule has 1 N–H and O–H groups in total. The first-order valence-corrected chi connectivity index (χ1v) is 9.02. The van der Waals surface area contributed by atoms with Gasteiger partial charge >= 0.3 is 12.4 Å². The lowest BCUT2D eigenvalue weighted by molar-refractivity contribution is -0.265. The molecule has 30 heavy (non-hydrogen) atoms. The number of rotatable bonds is 5. The first-order chi connectivity index (χ1) is 13.9. The third kappa shape index (κ3) is 4.09. The van der Waals surface area contributed by atoms with Crippen molar-refractivity contribution in [3.05, 3.63) is 70.3 Å². The van der Waals surface area contributed by atoms with E-state index < -0.39 is 41.3 Å². The molecule has 0 bridgehead atoms. The van der Waals surface area contributed by atoms with Crippen molar-refractivity contribution in [2.24, 2.45) is 0 Å². The fourth-order valence-electron chi connectivity index (χ4n) is 3.65. The van der Waals surface area contributed by atoms with Gasteiger partial charge in [-0.05, 0) is 47.7 Å². The largest absolute Gasteiger partial charge is 0.421 e. The van der Waals surface area contributed by atoms with Crippen LogP contribution in [0, 0.1) is 0 Å². The van der Waals surface area contributed by atoms with Crippen LogP contribution in [0.25, 0.3) is 0 Å². The van der Waals surface area contributed by atoms with Gasteiger partial charge in [-0.15, -0.1) is 0 Å². The Hall–Kier alpha value is -2.39. The molecule has 0 saturated carbocycles. The number of hydrogen-bond acceptors (Lipinski definition) is 3. The van der Waals surface area contributed by atoms with E-state index in [2.05, 4.69) is 0 Å². The van der Waals surface area contributed by atoms with Gasteiger partial charge in [0.2, 0.25) is 0 Å². The minimum atomic E-state index is -5.37. The van der Waals surface area contributed by atoms with Crippen molar-refractivity contribution in [1.82, 2.24) is 0 Å². The normalized spacial score (nSPS) is 18.7. The number of fused-ring (bicyclic) bond motifs is 1. The second-order valence-electron chi connectivity index (χ2n) is 7.21. The zero-order valence-electron chi connectivity index (χ0n) is 15.8. The molecule has 1 aliphatic carbocycles. The third-order valence-corrected chi connectivity index (χ3v) is 5.33. The van der Waals surface area contributed by atoms with E-state index >= 15 is 0 Å². The van der Waals surface area contributed by atoms with Gasteiger partial charge in [0, 0.05) is 12.7 Å². The number of ketones is 1. The van der Waals surface area contributed by atoms with Crippen LogP contribution in [-0.4, -0.2) is 24.2 Å². The second kappa shape index (κ2) is 7.70. The monoisotopic (exact) mass is 432 g/mol. The van der Waals surface area contributed by atoms with E-state index in [1.54, 1.807) is 6.07 Å². The maximum atomic E-state index is 13.7. The van der Waals surface area contributed by atoms with E-state index in [-0.39, 0.29) is 17.7 Å². The van der Waals surface area contributed by atoms with Gasteiger partial charge in [0.25, 0.3) is 0 Å². The van der Waals surface area contributed by atoms with Crippen LogP contribution in [0.5, 0.6) is 0 Å². The first-order valence-electron chi connectivity index (χ1n) is 9.02. The number of alkyl halides is 6. The number of carbonyl (C=O) groups excluding carboxylic acids is 1. The molecule has 0 fully saturated rings. The van der Waals surface area contributed by atoms with Crippen molar-refractivity contribution in [3.8, 4) is 0 Å². The maximum Gasteiger partial charge on any atom is 0.421 e. The number of carbonyl (C=O) groups is 1. The zero-order chi connectivity index (χ0) is 22.3. The van der Waals surface area contributed by atoms with E-state index in [0.717, 1.165) is 23.3 Å². The molecule has 162 valence electrons. The smallest absolute Gasteiger partial charge is 0.377 e. The predicted octanol–water partition coefficient (Wildman–Crippen LogP) is 5.36. The molecule has 2 unspecified atom stereocenters.